The fourth-order valence-electron chi connectivity index (χ4n) is 8.10. The molecule has 4 saturated carbocycles. The van der Waals surface area contributed by atoms with Gasteiger partial charge in [0.1, 0.15) is 0 Å². The lowest BCUT2D eigenvalue weighted by atomic mass is 9.05. The minimum absolute atomic E-state index is 0.183. The zero-order valence-corrected chi connectivity index (χ0v) is 16.5. The number of rotatable bonds is 1. The van der Waals surface area contributed by atoms with E-state index >= 15 is 0 Å². The molecule has 0 aliphatic heterocycles. The molecular weight excluding hydrogens is 261 g/mol. The largest absolute Gasteiger partial charge is 0.0683 e. The highest BCUT2D eigenvalue weighted by atomic mass is 14.8. The third-order valence-electron chi connectivity index (χ3n) is 9.20. The van der Waals surface area contributed by atoms with Gasteiger partial charge in [-0.1, -0.05) is 68.1 Å². The lowest BCUT2D eigenvalue weighted by molar-refractivity contribution is -0.281. The highest BCUT2D eigenvalue weighted by Crippen LogP contribution is 2.82. The second-order valence-electron chi connectivity index (χ2n) is 9.61. The Morgan fingerprint density at radius 3 is 1.45 bits per heavy atom. The molecule has 5 unspecified atom stereocenters. The SMILES string of the molecule is CC.[B]B([B])C1C2(C)CC3(C)C(C)C(C)(C2)C(C)C1(C)C3C. The van der Waals surface area contributed by atoms with Crippen molar-refractivity contribution in [3.63, 3.8) is 0 Å². The van der Waals surface area contributed by atoms with E-state index in [2.05, 4.69) is 48.5 Å². The van der Waals surface area contributed by atoms with Crippen LogP contribution in [0.3, 0.4) is 0 Å². The molecule has 0 N–H and O–H groups in total. The molecule has 0 aromatic rings. The van der Waals surface area contributed by atoms with Gasteiger partial charge in [0.2, 0.25) is 0 Å². The summed E-state index contributed by atoms with van der Waals surface area (Å²) in [6, 6.07) is 0. The van der Waals surface area contributed by atoms with Crippen LogP contribution in [-0.2, 0) is 0 Å². The van der Waals surface area contributed by atoms with Crippen LogP contribution in [0, 0.1) is 39.4 Å². The second-order valence-corrected chi connectivity index (χ2v) is 9.61. The summed E-state index contributed by atoms with van der Waals surface area (Å²) in [6.07, 6.45) is 2.60. The maximum Gasteiger partial charge on any atom is 0.0506 e. The fraction of sp³-hybridized carbons (Fsp3) is 1.00. The van der Waals surface area contributed by atoms with Crippen molar-refractivity contribution in [3.05, 3.63) is 0 Å². The van der Waals surface area contributed by atoms with Crippen molar-refractivity contribution in [2.45, 2.75) is 81.0 Å². The van der Waals surface area contributed by atoms with Crippen LogP contribution >= 0.6 is 0 Å². The molecule has 0 saturated heterocycles. The number of hydrogen-bond donors (Lipinski definition) is 0. The monoisotopic (exact) mass is 296 g/mol. The van der Waals surface area contributed by atoms with Crippen molar-refractivity contribution >= 4 is 22.0 Å². The lowest BCUT2D eigenvalue weighted by Gasteiger charge is -2.80. The average molecular weight is 296 g/mol. The highest BCUT2D eigenvalue weighted by molar-refractivity contribution is 7.30. The maximum atomic E-state index is 6.31. The van der Waals surface area contributed by atoms with E-state index in [-0.39, 0.29) is 11.9 Å². The topological polar surface area (TPSA) is 0 Å². The molecule has 0 aromatic heterocycles. The lowest BCUT2D eigenvalue weighted by Crippen LogP contribution is -2.74. The Kier molecular flexibility index (Phi) is 4.29. The molecule has 4 aliphatic rings. The Bertz CT molecular complexity index is 420. The van der Waals surface area contributed by atoms with E-state index in [0.717, 1.165) is 5.92 Å². The summed E-state index contributed by atoms with van der Waals surface area (Å²) in [5.41, 5.74) is 1.47. The predicted octanol–water partition coefficient (Wildman–Crippen LogP) is 4.96. The van der Waals surface area contributed by atoms with Crippen LogP contribution < -0.4 is 0 Å². The first-order valence-corrected chi connectivity index (χ1v) is 9.46. The van der Waals surface area contributed by atoms with Gasteiger partial charge in [-0.3, -0.25) is 0 Å². The molecule has 4 aliphatic carbocycles. The van der Waals surface area contributed by atoms with E-state index in [0.29, 0.717) is 33.9 Å². The predicted molar refractivity (Wildman–Crippen MR) is 102 cm³/mol. The van der Waals surface area contributed by atoms with Crippen LogP contribution in [-0.4, -0.2) is 22.0 Å². The van der Waals surface area contributed by atoms with Crippen molar-refractivity contribution in [1.29, 1.82) is 0 Å². The molecule has 0 heterocycles. The van der Waals surface area contributed by atoms with Crippen molar-refractivity contribution < 1.29 is 0 Å². The van der Waals surface area contributed by atoms with Gasteiger partial charge in [0.05, 0.1) is 6.49 Å². The van der Waals surface area contributed by atoms with E-state index in [1.54, 1.807) is 0 Å². The first-order chi connectivity index (χ1) is 9.94. The van der Waals surface area contributed by atoms with E-state index in [1.165, 1.54) is 12.8 Å². The van der Waals surface area contributed by atoms with E-state index < -0.39 is 0 Å². The minimum atomic E-state index is -0.183. The molecule has 0 aromatic carbocycles. The van der Waals surface area contributed by atoms with Gasteiger partial charge in [0.15, 0.2) is 0 Å². The Morgan fingerprint density at radius 1 is 0.773 bits per heavy atom. The molecule has 4 fully saturated rings. The van der Waals surface area contributed by atoms with Crippen LogP contribution in [0.2, 0.25) is 5.82 Å². The smallest absolute Gasteiger partial charge is 0.0506 e. The third-order valence-corrected chi connectivity index (χ3v) is 9.20. The average Bonchev–Trinajstić information content (AvgIpc) is 2.42. The summed E-state index contributed by atoms with van der Waals surface area (Å²) in [6.45, 7) is 21.3. The van der Waals surface area contributed by atoms with E-state index in [4.69, 9.17) is 15.5 Å². The van der Waals surface area contributed by atoms with Crippen molar-refractivity contribution in [3.8, 4) is 0 Å². The summed E-state index contributed by atoms with van der Waals surface area (Å²) in [4.78, 5) is 0. The van der Waals surface area contributed by atoms with Crippen LogP contribution in [0.25, 0.3) is 0 Å². The Balaban J connectivity index is 0.000000847. The fourth-order valence-corrected chi connectivity index (χ4v) is 8.10. The van der Waals surface area contributed by atoms with Gasteiger partial charge in [-0.25, -0.2) is 0 Å². The Morgan fingerprint density at radius 2 is 1.14 bits per heavy atom. The van der Waals surface area contributed by atoms with Gasteiger partial charge in [-0.2, -0.15) is 0 Å². The summed E-state index contributed by atoms with van der Waals surface area (Å²) in [5.74, 6) is 2.63. The first-order valence-electron chi connectivity index (χ1n) is 9.46. The van der Waals surface area contributed by atoms with Crippen LogP contribution in [0.15, 0.2) is 0 Å². The summed E-state index contributed by atoms with van der Waals surface area (Å²) in [7, 11) is 12.6. The molecule has 0 nitrogen and oxygen atoms in total. The van der Waals surface area contributed by atoms with Crippen LogP contribution in [0.4, 0.5) is 0 Å². The van der Waals surface area contributed by atoms with Crippen LogP contribution in [0.5, 0.6) is 0 Å². The van der Waals surface area contributed by atoms with Gasteiger partial charge in [-0.05, 0) is 52.3 Å². The van der Waals surface area contributed by atoms with Crippen molar-refractivity contribution in [1.82, 2.24) is 0 Å². The molecular formula is C19H35B3. The first kappa shape index (κ1) is 18.5. The third kappa shape index (κ3) is 1.81. The molecule has 5 atom stereocenters. The van der Waals surface area contributed by atoms with Gasteiger partial charge < -0.3 is 0 Å². The van der Waals surface area contributed by atoms with Gasteiger partial charge in [0.25, 0.3) is 0 Å². The molecule has 4 bridgehead atoms. The maximum absolute atomic E-state index is 6.31. The summed E-state index contributed by atoms with van der Waals surface area (Å²) < 4.78 is 0. The van der Waals surface area contributed by atoms with Gasteiger partial charge in [0, 0.05) is 15.5 Å². The van der Waals surface area contributed by atoms with E-state index in [1.807, 2.05) is 13.8 Å². The number of hydrogen-bond acceptors (Lipinski definition) is 0. The summed E-state index contributed by atoms with van der Waals surface area (Å²) in [5, 5.41) is 0. The van der Waals surface area contributed by atoms with E-state index in [9.17, 15) is 0 Å². The molecule has 4 radical (unpaired) electrons. The van der Waals surface area contributed by atoms with Gasteiger partial charge >= 0.3 is 0 Å². The van der Waals surface area contributed by atoms with Gasteiger partial charge in [-0.15, -0.1) is 0 Å². The molecule has 4 rings (SSSR count). The van der Waals surface area contributed by atoms with Crippen molar-refractivity contribution in [2.24, 2.45) is 39.4 Å². The minimum Gasteiger partial charge on any atom is -0.0683 e. The zero-order chi connectivity index (χ0) is 17.3. The molecule has 120 valence electrons. The second kappa shape index (κ2) is 5.09. The standard InChI is InChI=1S/C17H29B3.C2H6/c1-10-15(5)8-14(4)9-16(10,6)12(3)17(7,11(15)2)13(14)20(18)19;1-2/h10-13H,8-9H2,1-7H3;1-2H3. The Labute approximate surface area is 142 Å². The molecule has 0 spiro atoms. The molecule has 0 amide bonds. The highest BCUT2D eigenvalue weighted by Gasteiger charge is 2.75. The van der Waals surface area contributed by atoms with Crippen LogP contribution in [0.1, 0.15) is 75.2 Å². The quantitative estimate of drug-likeness (QED) is 0.600. The zero-order valence-electron chi connectivity index (χ0n) is 16.5. The molecule has 22 heavy (non-hydrogen) atoms. The Hall–Kier alpha value is 0.195. The normalized spacial score (nSPS) is 59.0. The summed E-state index contributed by atoms with van der Waals surface area (Å²) >= 11 is 0. The molecule has 3 heteroatoms. The van der Waals surface area contributed by atoms with Crippen molar-refractivity contribution in [2.75, 3.05) is 0 Å².